The molecular formula is C37H52N8O5. The third kappa shape index (κ3) is 11.8. The zero-order chi connectivity index (χ0) is 37.2. The van der Waals surface area contributed by atoms with E-state index in [4.69, 9.17) is 25.7 Å². The Balaban J connectivity index is 0.00000135. The molecule has 1 aromatic carbocycles. The average Bonchev–Trinajstić information content (AvgIpc) is 3.98. The number of anilines is 1. The molecule has 0 saturated heterocycles. The van der Waals surface area contributed by atoms with Crippen molar-refractivity contribution in [2.24, 2.45) is 17.4 Å². The Kier molecular flexibility index (Phi) is 16.8. The molecule has 2 heterocycles. The van der Waals surface area contributed by atoms with Crippen molar-refractivity contribution in [3.05, 3.63) is 88.9 Å². The summed E-state index contributed by atoms with van der Waals surface area (Å²) in [4.78, 5) is 45.1. The van der Waals surface area contributed by atoms with E-state index in [2.05, 4.69) is 32.8 Å². The number of aromatic nitrogens is 2. The van der Waals surface area contributed by atoms with E-state index >= 15 is 0 Å². The number of para-hydroxylation sites is 1. The molecular weight excluding hydrogens is 636 g/mol. The maximum atomic E-state index is 13.3. The van der Waals surface area contributed by atoms with Crippen LogP contribution in [0.5, 0.6) is 11.6 Å². The van der Waals surface area contributed by atoms with E-state index < -0.39 is 0 Å². The van der Waals surface area contributed by atoms with Gasteiger partial charge in [-0.2, -0.15) is 0 Å². The Labute approximate surface area is 295 Å². The fraction of sp³-hybridized carbons (Fsp3) is 0.378. The molecule has 0 unspecified atom stereocenters. The summed E-state index contributed by atoms with van der Waals surface area (Å²) < 4.78 is 11.5. The molecule has 0 bridgehead atoms. The highest BCUT2D eigenvalue weighted by atomic mass is 16.5. The van der Waals surface area contributed by atoms with Crippen LogP contribution in [0.3, 0.4) is 0 Å². The smallest absolute Gasteiger partial charge is 0.272 e. The van der Waals surface area contributed by atoms with Crippen LogP contribution in [0.2, 0.25) is 0 Å². The fourth-order valence-corrected chi connectivity index (χ4v) is 4.73. The van der Waals surface area contributed by atoms with Crippen molar-refractivity contribution in [3.63, 3.8) is 0 Å². The van der Waals surface area contributed by atoms with Crippen LogP contribution in [-0.4, -0.2) is 61.4 Å². The number of aryl methyl sites for hydroxylation is 1. The number of nitrogens with two attached hydrogens (primary N) is 2. The van der Waals surface area contributed by atoms with E-state index in [1.54, 1.807) is 57.4 Å². The first kappa shape index (κ1) is 40.6. The van der Waals surface area contributed by atoms with Crippen molar-refractivity contribution >= 4 is 23.9 Å². The number of ether oxygens (including phenoxy) is 2. The largest absolute Gasteiger partial charge is 0.494 e. The highest BCUT2D eigenvalue weighted by molar-refractivity contribution is 5.93. The summed E-state index contributed by atoms with van der Waals surface area (Å²) in [6, 6.07) is 13.0. The maximum Gasteiger partial charge on any atom is 0.272 e. The summed E-state index contributed by atoms with van der Waals surface area (Å²) in [5.41, 5.74) is 17.4. The number of carbonyl (C=O) groups excluding carboxylic acids is 3. The van der Waals surface area contributed by atoms with Gasteiger partial charge in [0, 0.05) is 49.1 Å². The van der Waals surface area contributed by atoms with Crippen LogP contribution in [-0.2, 0) is 22.6 Å². The van der Waals surface area contributed by atoms with Crippen molar-refractivity contribution in [2.75, 3.05) is 33.6 Å². The van der Waals surface area contributed by atoms with Gasteiger partial charge in [-0.05, 0) is 62.1 Å². The third-order valence-corrected chi connectivity index (χ3v) is 7.28. The lowest BCUT2D eigenvalue weighted by Gasteiger charge is -2.19. The SMILES string of the molecule is CC.CCCc1ccnc(CN(C)C(=O)c2ccc(-c3cccc(NC(/C=C(\N)NC(=O)C4CC4)=C(\C)N)c3OC)c(OC)n2)c1.CNC=O. The van der Waals surface area contributed by atoms with E-state index in [0.717, 1.165) is 31.4 Å². The normalized spacial score (nSPS) is 12.4. The van der Waals surface area contributed by atoms with Gasteiger partial charge in [0.1, 0.15) is 17.3 Å². The summed E-state index contributed by atoms with van der Waals surface area (Å²) in [5, 5.41) is 8.23. The van der Waals surface area contributed by atoms with E-state index in [9.17, 15) is 9.59 Å². The summed E-state index contributed by atoms with van der Waals surface area (Å²) in [6.45, 7) is 8.20. The van der Waals surface area contributed by atoms with Gasteiger partial charge in [-0.1, -0.05) is 39.3 Å². The van der Waals surface area contributed by atoms with Gasteiger partial charge in [-0.15, -0.1) is 0 Å². The number of hydrogen-bond acceptors (Lipinski definition) is 10. The second-order valence-corrected chi connectivity index (χ2v) is 11.2. The van der Waals surface area contributed by atoms with Crippen molar-refractivity contribution in [2.45, 2.75) is 59.9 Å². The van der Waals surface area contributed by atoms with E-state index in [0.29, 0.717) is 46.9 Å². The molecule has 1 fully saturated rings. The first-order valence-electron chi connectivity index (χ1n) is 16.6. The summed E-state index contributed by atoms with van der Waals surface area (Å²) >= 11 is 0. The van der Waals surface area contributed by atoms with Crippen molar-refractivity contribution < 1.29 is 23.9 Å². The topological polar surface area (TPSA) is 187 Å². The monoisotopic (exact) mass is 688 g/mol. The van der Waals surface area contributed by atoms with Crippen LogP contribution in [0.1, 0.15) is 68.7 Å². The lowest BCUT2D eigenvalue weighted by atomic mass is 10.0. The zero-order valence-electron chi connectivity index (χ0n) is 30.4. The molecule has 3 amide bonds. The van der Waals surface area contributed by atoms with Gasteiger partial charge in [0.15, 0.2) is 0 Å². The Morgan fingerprint density at radius 2 is 1.76 bits per heavy atom. The molecule has 4 rings (SSSR count). The average molecular weight is 689 g/mol. The second kappa shape index (κ2) is 20.7. The number of hydrogen-bond donors (Lipinski definition) is 5. The molecule has 2 aromatic heterocycles. The van der Waals surface area contributed by atoms with Crippen LogP contribution >= 0.6 is 0 Å². The van der Waals surface area contributed by atoms with Crippen molar-refractivity contribution in [1.82, 2.24) is 25.5 Å². The van der Waals surface area contributed by atoms with Gasteiger partial charge in [0.05, 0.1) is 37.8 Å². The minimum absolute atomic E-state index is 0.0170. The van der Waals surface area contributed by atoms with E-state index in [1.165, 1.54) is 12.7 Å². The summed E-state index contributed by atoms with van der Waals surface area (Å²) in [6.07, 6.45) is 7.71. The molecule has 1 aliphatic carbocycles. The minimum Gasteiger partial charge on any atom is -0.494 e. The Morgan fingerprint density at radius 3 is 2.34 bits per heavy atom. The molecule has 0 spiro atoms. The van der Waals surface area contributed by atoms with Crippen molar-refractivity contribution in [1.29, 1.82) is 0 Å². The molecule has 3 aromatic rings. The molecule has 13 heteroatoms. The molecule has 7 N–H and O–H groups in total. The second-order valence-electron chi connectivity index (χ2n) is 11.2. The Bertz CT molecular complexity index is 1650. The fourth-order valence-electron chi connectivity index (χ4n) is 4.73. The zero-order valence-corrected chi connectivity index (χ0v) is 30.4. The van der Waals surface area contributed by atoms with Gasteiger partial charge in [0.2, 0.25) is 18.2 Å². The maximum absolute atomic E-state index is 13.3. The molecule has 0 atom stereocenters. The van der Waals surface area contributed by atoms with Crippen LogP contribution < -0.4 is 36.9 Å². The lowest BCUT2D eigenvalue weighted by molar-refractivity contribution is -0.121. The van der Waals surface area contributed by atoms with Gasteiger partial charge in [0.25, 0.3) is 5.91 Å². The van der Waals surface area contributed by atoms with Gasteiger partial charge in [-0.3, -0.25) is 19.4 Å². The molecule has 0 aliphatic heterocycles. The van der Waals surface area contributed by atoms with Crippen molar-refractivity contribution in [3.8, 4) is 22.8 Å². The number of amides is 3. The third-order valence-electron chi connectivity index (χ3n) is 7.28. The highest BCUT2D eigenvalue weighted by Gasteiger charge is 2.29. The Hall–Kier alpha value is -5.59. The van der Waals surface area contributed by atoms with Gasteiger partial charge >= 0.3 is 0 Å². The number of benzene rings is 1. The number of nitrogens with one attached hydrogen (secondary N) is 3. The van der Waals surface area contributed by atoms with Gasteiger partial charge in [-0.25, -0.2) is 4.98 Å². The Morgan fingerprint density at radius 1 is 1.06 bits per heavy atom. The number of pyridine rings is 2. The van der Waals surface area contributed by atoms with Crippen LogP contribution in [0, 0.1) is 5.92 Å². The first-order chi connectivity index (χ1) is 24.1. The van der Waals surface area contributed by atoms with Crippen LogP contribution in [0.25, 0.3) is 11.1 Å². The molecule has 13 nitrogen and oxygen atoms in total. The predicted molar refractivity (Wildman–Crippen MR) is 197 cm³/mol. The molecule has 1 saturated carbocycles. The highest BCUT2D eigenvalue weighted by Crippen LogP contribution is 2.40. The lowest BCUT2D eigenvalue weighted by Crippen LogP contribution is -2.29. The standard InChI is InChI=1S/C33H41N7O4.C2H5NO.C2H6/c1-6-8-21-15-16-36-23(17-21)19-40(3)33(42)27-14-13-25(32(38-27)44-5)24-9-7-10-26(30(24)43-4)37-28(20(2)34)18-29(35)39-31(41)22-11-12-22;1-3-2-4;1-2/h7,9-10,13-18,22,37H,6,8,11-12,19,34-35H2,1-5H3,(H,39,41);2H,1H3,(H,3,4);1-2H3/b28-20+,29-18+;;. The van der Waals surface area contributed by atoms with E-state index in [-0.39, 0.29) is 35.1 Å². The molecule has 1 aliphatic rings. The molecule has 0 radical (unpaired) electrons. The summed E-state index contributed by atoms with van der Waals surface area (Å²) in [7, 11) is 6.34. The number of allylic oxidation sites excluding steroid dienone is 2. The first-order valence-corrected chi connectivity index (χ1v) is 16.6. The number of carbonyl (C=O) groups is 3. The van der Waals surface area contributed by atoms with Gasteiger partial charge < -0.3 is 41.8 Å². The van der Waals surface area contributed by atoms with Crippen LogP contribution in [0.15, 0.2) is 72.0 Å². The number of rotatable bonds is 14. The molecule has 270 valence electrons. The predicted octanol–water partition coefficient (Wildman–Crippen LogP) is 4.70. The number of methoxy groups -OCH3 is 2. The number of nitrogens with zero attached hydrogens (tertiary/aromatic N) is 3. The quantitative estimate of drug-likeness (QED) is 0.117. The molecule has 50 heavy (non-hydrogen) atoms. The minimum atomic E-state index is -0.258. The van der Waals surface area contributed by atoms with E-state index in [1.807, 2.05) is 44.2 Å². The summed E-state index contributed by atoms with van der Waals surface area (Å²) in [5.74, 6) is 0.604. The van der Waals surface area contributed by atoms with Crippen LogP contribution in [0.4, 0.5) is 5.69 Å².